The molecule has 0 unspecified atom stereocenters. The fraction of sp³-hybridized carbons (Fsp3) is 0.250. The second-order valence-electron chi connectivity index (χ2n) is 4.78. The van der Waals surface area contributed by atoms with Gasteiger partial charge in [-0.25, -0.2) is 13.4 Å². The first-order valence-corrected chi connectivity index (χ1v) is 8.74. The molecule has 0 saturated heterocycles. The van der Waals surface area contributed by atoms with E-state index in [1.54, 1.807) is 31.2 Å². The molecule has 0 aliphatic heterocycles. The molecule has 0 atom stereocenters. The summed E-state index contributed by atoms with van der Waals surface area (Å²) in [4.78, 5) is 3.10. The van der Waals surface area contributed by atoms with E-state index in [0.29, 0.717) is 31.0 Å². The molecule has 0 bridgehead atoms. The van der Waals surface area contributed by atoms with Crippen molar-refractivity contribution in [1.29, 1.82) is 5.26 Å². The lowest BCUT2D eigenvalue weighted by atomic mass is 10.3. The number of rotatable bonds is 7. The second-order valence-corrected chi connectivity index (χ2v) is 6.64. The second kappa shape index (κ2) is 7.61. The smallest absolute Gasteiger partial charge is 0.272 e. The Labute approximate surface area is 136 Å². The van der Waals surface area contributed by atoms with Crippen molar-refractivity contribution in [2.45, 2.75) is 18.2 Å². The van der Waals surface area contributed by atoms with Crippen LogP contribution < -0.4 is 14.6 Å². The molecule has 0 fully saturated rings. The molecule has 2 N–H and O–H groups in total. The number of hydrogen-bond acceptors (Lipinski definition) is 4. The lowest BCUT2D eigenvalue weighted by Crippen LogP contribution is -2.31. The molecule has 0 amide bonds. The van der Waals surface area contributed by atoms with E-state index in [9.17, 15) is 8.42 Å². The Bertz CT molecular complexity index is 768. The number of nitrogens with one attached hydrogen (secondary N) is 2. The standard InChI is InChI=1S/C16H18N4O2S/c1-2-20(14-7-4-3-5-8-14)23(21,22)15-9-10-16(19-13-15)18-12-6-11-17/h3-5,7-10,13H,2,6,12H2,1H3,(H,18,19)/p+1. The highest BCUT2D eigenvalue weighted by Gasteiger charge is 2.24. The average molecular weight is 331 g/mol. The van der Waals surface area contributed by atoms with Crippen LogP contribution in [-0.4, -0.2) is 21.5 Å². The van der Waals surface area contributed by atoms with Crippen molar-refractivity contribution in [1.82, 2.24) is 0 Å². The number of aromatic nitrogens is 1. The van der Waals surface area contributed by atoms with E-state index in [4.69, 9.17) is 5.26 Å². The summed E-state index contributed by atoms with van der Waals surface area (Å²) < 4.78 is 26.9. The number of nitriles is 1. The first kappa shape index (κ1) is 16.8. The summed E-state index contributed by atoms with van der Waals surface area (Å²) in [6.07, 6.45) is 1.83. The number of para-hydroxylation sites is 1. The highest BCUT2D eigenvalue weighted by molar-refractivity contribution is 7.92. The number of aromatic amines is 1. The van der Waals surface area contributed by atoms with Gasteiger partial charge in [0, 0.05) is 12.6 Å². The van der Waals surface area contributed by atoms with Gasteiger partial charge in [-0.15, -0.1) is 0 Å². The molecule has 1 aromatic carbocycles. The molecule has 0 saturated carbocycles. The number of nitrogens with zero attached hydrogens (tertiary/aromatic N) is 2. The van der Waals surface area contributed by atoms with Crippen LogP contribution in [0.5, 0.6) is 0 Å². The molecule has 1 heterocycles. The highest BCUT2D eigenvalue weighted by Crippen LogP contribution is 2.22. The van der Waals surface area contributed by atoms with Crippen LogP contribution >= 0.6 is 0 Å². The number of sulfonamides is 1. The Hall–Kier alpha value is -2.59. The Balaban J connectivity index is 2.23. The predicted octanol–water partition coefficient (Wildman–Crippen LogP) is 2.04. The molecular weight excluding hydrogens is 312 g/mol. The van der Waals surface area contributed by atoms with Crippen LogP contribution in [0.4, 0.5) is 11.5 Å². The number of benzene rings is 1. The van der Waals surface area contributed by atoms with Gasteiger partial charge in [0.05, 0.1) is 24.7 Å². The van der Waals surface area contributed by atoms with Crippen molar-refractivity contribution >= 4 is 21.5 Å². The summed E-state index contributed by atoms with van der Waals surface area (Å²) in [6, 6.07) is 14.2. The van der Waals surface area contributed by atoms with E-state index in [-0.39, 0.29) is 4.90 Å². The molecule has 0 aliphatic carbocycles. The van der Waals surface area contributed by atoms with Crippen LogP contribution in [0.3, 0.4) is 0 Å². The Morgan fingerprint density at radius 1 is 1.22 bits per heavy atom. The first-order chi connectivity index (χ1) is 11.1. The fourth-order valence-electron chi connectivity index (χ4n) is 2.15. The Morgan fingerprint density at radius 3 is 2.52 bits per heavy atom. The number of anilines is 2. The maximum absolute atomic E-state index is 12.8. The van der Waals surface area contributed by atoms with Crippen molar-refractivity contribution in [2.24, 2.45) is 0 Å². The first-order valence-electron chi connectivity index (χ1n) is 7.30. The van der Waals surface area contributed by atoms with E-state index >= 15 is 0 Å². The fourth-order valence-corrected chi connectivity index (χ4v) is 3.59. The number of H-pyrrole nitrogens is 1. The molecule has 7 heteroatoms. The molecule has 2 rings (SSSR count). The Kier molecular flexibility index (Phi) is 5.55. The topological polar surface area (TPSA) is 87.3 Å². The third-order valence-electron chi connectivity index (χ3n) is 3.26. The lowest BCUT2D eigenvalue weighted by Gasteiger charge is -2.22. The van der Waals surface area contributed by atoms with Crippen LogP contribution in [0.1, 0.15) is 13.3 Å². The van der Waals surface area contributed by atoms with Crippen molar-refractivity contribution < 1.29 is 13.4 Å². The van der Waals surface area contributed by atoms with Crippen LogP contribution in [-0.2, 0) is 10.0 Å². The molecule has 0 spiro atoms. The van der Waals surface area contributed by atoms with Gasteiger partial charge in [0.25, 0.3) is 15.8 Å². The van der Waals surface area contributed by atoms with E-state index in [2.05, 4.69) is 10.3 Å². The van der Waals surface area contributed by atoms with Crippen molar-refractivity contribution in [2.75, 3.05) is 22.7 Å². The van der Waals surface area contributed by atoms with E-state index < -0.39 is 10.0 Å². The van der Waals surface area contributed by atoms with Gasteiger partial charge in [-0.2, -0.15) is 5.26 Å². The summed E-state index contributed by atoms with van der Waals surface area (Å²) in [6.45, 7) is 2.64. The van der Waals surface area contributed by atoms with Crippen LogP contribution in [0.2, 0.25) is 0 Å². The zero-order valence-electron chi connectivity index (χ0n) is 12.9. The third kappa shape index (κ3) is 3.99. The minimum atomic E-state index is -3.62. The molecule has 1 aromatic heterocycles. The predicted molar refractivity (Wildman–Crippen MR) is 88.4 cm³/mol. The van der Waals surface area contributed by atoms with Crippen molar-refractivity contribution in [3.8, 4) is 6.07 Å². The van der Waals surface area contributed by atoms with Gasteiger partial charge < -0.3 is 0 Å². The molecule has 6 nitrogen and oxygen atoms in total. The highest BCUT2D eigenvalue weighted by atomic mass is 32.2. The largest absolute Gasteiger partial charge is 0.273 e. The van der Waals surface area contributed by atoms with E-state index in [0.717, 1.165) is 0 Å². The van der Waals surface area contributed by atoms with E-state index in [1.807, 2.05) is 24.3 Å². The van der Waals surface area contributed by atoms with Crippen molar-refractivity contribution in [3.63, 3.8) is 0 Å². The zero-order valence-corrected chi connectivity index (χ0v) is 13.7. The molecular formula is C16H19N4O2S+. The quantitative estimate of drug-likeness (QED) is 0.787. The SMILES string of the molecule is CCN(c1ccccc1)S(=O)(=O)c1ccc(NCCC#N)[nH+]c1. The van der Waals surface area contributed by atoms with Gasteiger partial charge in [-0.05, 0) is 25.1 Å². The summed E-state index contributed by atoms with van der Waals surface area (Å²) in [5.41, 5.74) is 0.631. The number of pyridine rings is 1. The van der Waals surface area contributed by atoms with Gasteiger partial charge in [-0.3, -0.25) is 9.62 Å². The van der Waals surface area contributed by atoms with E-state index in [1.165, 1.54) is 10.5 Å². The third-order valence-corrected chi connectivity index (χ3v) is 5.15. The van der Waals surface area contributed by atoms with Gasteiger partial charge in [0.15, 0.2) is 0 Å². The van der Waals surface area contributed by atoms with Gasteiger partial charge in [-0.1, -0.05) is 18.2 Å². The van der Waals surface area contributed by atoms with Gasteiger partial charge in [0.2, 0.25) is 0 Å². The normalized spacial score (nSPS) is 10.8. The average Bonchev–Trinajstić information content (AvgIpc) is 2.57. The minimum Gasteiger partial charge on any atom is -0.273 e. The van der Waals surface area contributed by atoms with Crippen molar-refractivity contribution in [3.05, 3.63) is 48.7 Å². The zero-order chi connectivity index (χ0) is 16.7. The van der Waals surface area contributed by atoms with Crippen LogP contribution in [0, 0.1) is 11.3 Å². The summed E-state index contributed by atoms with van der Waals surface area (Å²) in [7, 11) is -3.62. The number of hydrogen-bond donors (Lipinski definition) is 1. The summed E-state index contributed by atoms with van der Waals surface area (Å²) in [5, 5.41) is 11.5. The molecule has 0 aliphatic rings. The molecule has 120 valence electrons. The maximum Gasteiger partial charge on any atom is 0.272 e. The van der Waals surface area contributed by atoms with Gasteiger partial charge >= 0.3 is 0 Å². The molecule has 23 heavy (non-hydrogen) atoms. The monoisotopic (exact) mass is 331 g/mol. The summed E-state index contributed by atoms with van der Waals surface area (Å²) >= 11 is 0. The molecule has 0 radical (unpaired) electrons. The Morgan fingerprint density at radius 2 is 1.96 bits per heavy atom. The maximum atomic E-state index is 12.8. The molecule has 2 aromatic rings. The van der Waals surface area contributed by atoms with Crippen LogP contribution in [0.15, 0.2) is 53.6 Å². The van der Waals surface area contributed by atoms with Gasteiger partial charge in [0.1, 0.15) is 11.1 Å². The summed E-state index contributed by atoms with van der Waals surface area (Å²) in [5.74, 6) is 0.668. The minimum absolute atomic E-state index is 0.189. The lowest BCUT2D eigenvalue weighted by molar-refractivity contribution is -0.364. The van der Waals surface area contributed by atoms with Crippen LogP contribution in [0.25, 0.3) is 0 Å².